The molecule has 2 aromatic heterocycles. The molecule has 0 saturated carbocycles. The number of amides is 1. The van der Waals surface area contributed by atoms with E-state index in [4.69, 9.17) is 4.74 Å². The van der Waals surface area contributed by atoms with Gasteiger partial charge in [0, 0.05) is 37.0 Å². The average molecular weight is 609 g/mol. The molecule has 232 valence electrons. The fourth-order valence-corrected chi connectivity index (χ4v) is 5.38. The van der Waals surface area contributed by atoms with Crippen LogP contribution in [0.15, 0.2) is 65.6 Å². The minimum atomic E-state index is -4.64. The summed E-state index contributed by atoms with van der Waals surface area (Å²) in [5.41, 5.74) is -0.711. The first kappa shape index (κ1) is 31.0. The standard InChI is InChI=1S/C32H35F3N6O3/c1-21-17-28(42)29(37-41(21)27-11-6-5-10-25(27)32(33,34)35)30(43)39-16-8-7-9-22(18-39)19-40-20-26(36-38-40)23-12-14-24(15-13-23)44-31(2,3)4/h5-6,10-15,17,20,22H,7-9,16,18-19H2,1-4H3. The lowest BCUT2D eigenvalue weighted by Gasteiger charge is -2.24. The van der Waals surface area contributed by atoms with Gasteiger partial charge in [0.15, 0.2) is 5.69 Å². The molecule has 0 aliphatic carbocycles. The lowest BCUT2D eigenvalue weighted by molar-refractivity contribution is -0.137. The highest BCUT2D eigenvalue weighted by Crippen LogP contribution is 2.33. The Bertz CT molecular complexity index is 1690. The van der Waals surface area contributed by atoms with E-state index in [9.17, 15) is 22.8 Å². The first-order valence-corrected chi connectivity index (χ1v) is 14.5. The van der Waals surface area contributed by atoms with E-state index >= 15 is 0 Å². The molecule has 44 heavy (non-hydrogen) atoms. The van der Waals surface area contributed by atoms with Crippen LogP contribution in [0.1, 0.15) is 61.8 Å². The molecule has 0 bridgehead atoms. The topological polar surface area (TPSA) is 95.1 Å². The van der Waals surface area contributed by atoms with Gasteiger partial charge in [-0.05, 0) is 82.9 Å². The van der Waals surface area contributed by atoms with Crippen LogP contribution >= 0.6 is 0 Å². The molecule has 0 N–H and O–H groups in total. The summed E-state index contributed by atoms with van der Waals surface area (Å²) in [6, 6.07) is 13.7. The molecule has 1 aliphatic rings. The molecule has 1 fully saturated rings. The lowest BCUT2D eigenvalue weighted by atomic mass is 10.0. The number of nitrogens with zero attached hydrogens (tertiary/aromatic N) is 6. The third-order valence-electron chi connectivity index (χ3n) is 7.36. The number of aromatic nitrogens is 5. The largest absolute Gasteiger partial charge is 0.488 e. The highest BCUT2D eigenvalue weighted by molar-refractivity contribution is 5.92. The molecule has 2 aromatic carbocycles. The Morgan fingerprint density at radius 2 is 1.77 bits per heavy atom. The summed E-state index contributed by atoms with van der Waals surface area (Å²) in [7, 11) is 0. The Kier molecular flexibility index (Phi) is 8.62. The quantitative estimate of drug-likeness (QED) is 0.269. The Morgan fingerprint density at radius 1 is 1.05 bits per heavy atom. The van der Waals surface area contributed by atoms with E-state index in [1.165, 1.54) is 25.1 Å². The van der Waals surface area contributed by atoms with E-state index in [0.717, 1.165) is 47.4 Å². The van der Waals surface area contributed by atoms with E-state index in [-0.39, 0.29) is 22.9 Å². The van der Waals surface area contributed by atoms with Crippen molar-refractivity contribution >= 4 is 5.91 Å². The van der Waals surface area contributed by atoms with Crippen molar-refractivity contribution in [3.63, 3.8) is 0 Å². The Labute approximate surface area is 253 Å². The number of carbonyl (C=O) groups is 1. The molecule has 3 heterocycles. The van der Waals surface area contributed by atoms with Crippen molar-refractivity contribution in [2.24, 2.45) is 5.92 Å². The molecule has 1 aliphatic heterocycles. The van der Waals surface area contributed by atoms with Gasteiger partial charge in [-0.3, -0.25) is 14.3 Å². The molecule has 0 spiro atoms. The fraction of sp³-hybridized carbons (Fsp3) is 0.406. The summed E-state index contributed by atoms with van der Waals surface area (Å²) >= 11 is 0. The van der Waals surface area contributed by atoms with Gasteiger partial charge in [0.1, 0.15) is 17.0 Å². The monoisotopic (exact) mass is 608 g/mol. The molecule has 1 atom stereocenters. The number of hydrogen-bond acceptors (Lipinski definition) is 6. The molecule has 1 saturated heterocycles. The van der Waals surface area contributed by atoms with Gasteiger partial charge in [-0.15, -0.1) is 5.10 Å². The molecule has 0 radical (unpaired) electrons. The van der Waals surface area contributed by atoms with Crippen LogP contribution in [0.3, 0.4) is 0 Å². The minimum Gasteiger partial charge on any atom is -0.488 e. The number of likely N-dealkylation sites (tertiary alicyclic amines) is 1. The molecule has 12 heteroatoms. The van der Waals surface area contributed by atoms with E-state index < -0.39 is 28.8 Å². The van der Waals surface area contributed by atoms with Gasteiger partial charge in [-0.1, -0.05) is 23.8 Å². The van der Waals surface area contributed by atoms with Crippen LogP contribution < -0.4 is 10.2 Å². The zero-order valence-corrected chi connectivity index (χ0v) is 25.1. The predicted molar refractivity (Wildman–Crippen MR) is 159 cm³/mol. The molecule has 4 aromatic rings. The summed E-state index contributed by atoms with van der Waals surface area (Å²) < 4.78 is 49.9. The second-order valence-electron chi connectivity index (χ2n) is 12.1. The van der Waals surface area contributed by atoms with Crippen LogP contribution in [0.25, 0.3) is 16.9 Å². The zero-order chi connectivity index (χ0) is 31.6. The van der Waals surface area contributed by atoms with Gasteiger partial charge < -0.3 is 9.64 Å². The number of halogens is 3. The van der Waals surface area contributed by atoms with E-state index in [1.54, 1.807) is 9.58 Å². The number of carbonyl (C=O) groups excluding carboxylic acids is 1. The predicted octanol–water partition coefficient (Wildman–Crippen LogP) is 5.94. The second-order valence-corrected chi connectivity index (χ2v) is 12.1. The molecule has 1 unspecified atom stereocenters. The molecule has 9 nitrogen and oxygen atoms in total. The number of rotatable bonds is 6. The van der Waals surface area contributed by atoms with Gasteiger partial charge >= 0.3 is 6.18 Å². The molecular weight excluding hydrogens is 573 g/mol. The van der Waals surface area contributed by atoms with Crippen molar-refractivity contribution in [1.29, 1.82) is 0 Å². The number of aryl methyl sites for hydroxylation is 1. The second kappa shape index (κ2) is 12.3. The van der Waals surface area contributed by atoms with Gasteiger partial charge in [0.05, 0.1) is 17.4 Å². The van der Waals surface area contributed by atoms with Crippen LogP contribution in [0.5, 0.6) is 5.75 Å². The van der Waals surface area contributed by atoms with E-state index in [1.807, 2.05) is 51.2 Å². The van der Waals surface area contributed by atoms with Crippen LogP contribution in [0, 0.1) is 12.8 Å². The lowest BCUT2D eigenvalue weighted by Crippen LogP contribution is -2.39. The van der Waals surface area contributed by atoms with Gasteiger partial charge in [0.2, 0.25) is 5.43 Å². The fourth-order valence-electron chi connectivity index (χ4n) is 5.38. The van der Waals surface area contributed by atoms with Crippen LogP contribution in [-0.4, -0.2) is 54.3 Å². The van der Waals surface area contributed by atoms with Crippen molar-refractivity contribution in [3.05, 3.63) is 88.0 Å². The number of alkyl halides is 3. The van der Waals surface area contributed by atoms with Crippen LogP contribution in [0.2, 0.25) is 0 Å². The van der Waals surface area contributed by atoms with Crippen molar-refractivity contribution in [2.75, 3.05) is 13.1 Å². The van der Waals surface area contributed by atoms with Crippen LogP contribution in [-0.2, 0) is 12.7 Å². The maximum absolute atomic E-state index is 13.7. The third-order valence-corrected chi connectivity index (χ3v) is 7.36. The average Bonchev–Trinajstić information content (AvgIpc) is 3.29. The summed E-state index contributed by atoms with van der Waals surface area (Å²) in [4.78, 5) is 28.1. The third kappa shape index (κ3) is 7.17. The van der Waals surface area contributed by atoms with Crippen molar-refractivity contribution in [3.8, 4) is 22.7 Å². The van der Waals surface area contributed by atoms with E-state index in [2.05, 4.69) is 15.4 Å². The number of hydrogen-bond donors (Lipinski definition) is 0. The number of ether oxygens (including phenoxy) is 1. The number of benzene rings is 2. The SMILES string of the molecule is Cc1cc(=O)c(C(=O)N2CCCCC(Cn3cc(-c4ccc(OC(C)(C)C)cc4)nn3)C2)nn1-c1ccccc1C(F)(F)F. The van der Waals surface area contributed by atoms with Crippen molar-refractivity contribution in [1.82, 2.24) is 29.7 Å². The smallest absolute Gasteiger partial charge is 0.418 e. The molecule has 1 amide bonds. The minimum absolute atomic E-state index is 0.0252. The Hall–Kier alpha value is -4.48. The van der Waals surface area contributed by atoms with Crippen LogP contribution in [0.4, 0.5) is 13.2 Å². The first-order valence-electron chi connectivity index (χ1n) is 14.5. The number of para-hydroxylation sites is 1. The highest BCUT2D eigenvalue weighted by atomic mass is 19.4. The maximum Gasteiger partial charge on any atom is 0.418 e. The van der Waals surface area contributed by atoms with Gasteiger partial charge in [-0.25, -0.2) is 4.68 Å². The Morgan fingerprint density at radius 3 is 2.48 bits per heavy atom. The highest BCUT2D eigenvalue weighted by Gasteiger charge is 2.34. The molecular formula is C32H35F3N6O3. The summed E-state index contributed by atoms with van der Waals surface area (Å²) in [5, 5.41) is 12.8. The van der Waals surface area contributed by atoms with Gasteiger partial charge in [-0.2, -0.15) is 18.3 Å². The summed E-state index contributed by atoms with van der Waals surface area (Å²) in [6.45, 7) is 8.71. The summed E-state index contributed by atoms with van der Waals surface area (Å²) in [5.74, 6) is 0.186. The van der Waals surface area contributed by atoms with Crippen molar-refractivity contribution in [2.45, 2.75) is 65.3 Å². The Balaban J connectivity index is 1.33. The molecule has 5 rings (SSSR count). The van der Waals surface area contributed by atoms with E-state index in [0.29, 0.717) is 25.3 Å². The first-order chi connectivity index (χ1) is 20.8. The normalized spacial score (nSPS) is 16.1. The van der Waals surface area contributed by atoms with Crippen molar-refractivity contribution < 1.29 is 22.7 Å². The summed E-state index contributed by atoms with van der Waals surface area (Å²) in [6.07, 6.45) is -0.348. The maximum atomic E-state index is 13.7. The zero-order valence-electron chi connectivity index (χ0n) is 25.1. The van der Waals surface area contributed by atoms with Gasteiger partial charge in [0.25, 0.3) is 5.91 Å².